The fourth-order valence-corrected chi connectivity index (χ4v) is 2.86. The molecule has 0 N–H and O–H groups in total. The number of halogens is 1. The SMILES string of the molecule is O=C(Cc1ccccc1Br)Cc1ccnc2ccccc12. The van der Waals surface area contributed by atoms with Crippen LogP contribution in [0.4, 0.5) is 0 Å². The number of ketones is 1. The molecule has 1 aromatic heterocycles. The minimum Gasteiger partial charge on any atom is -0.299 e. The summed E-state index contributed by atoms with van der Waals surface area (Å²) < 4.78 is 0.984. The lowest BCUT2D eigenvalue weighted by atomic mass is 10.0. The standard InChI is InChI=1S/C18H14BrNO/c19-17-7-3-1-5-14(17)12-15(21)11-13-9-10-20-18-8-4-2-6-16(13)18/h1-10H,11-12H2. The number of para-hydroxylation sites is 1. The average Bonchev–Trinajstić information content (AvgIpc) is 2.50. The van der Waals surface area contributed by atoms with Crippen molar-refractivity contribution in [1.29, 1.82) is 0 Å². The third-order valence-corrected chi connectivity index (χ3v) is 4.25. The molecule has 0 unspecified atom stereocenters. The molecule has 3 aromatic rings. The lowest BCUT2D eigenvalue weighted by Crippen LogP contribution is -2.07. The number of fused-ring (bicyclic) bond motifs is 1. The minimum absolute atomic E-state index is 0.207. The fourth-order valence-electron chi connectivity index (χ4n) is 2.44. The molecule has 3 heteroatoms. The van der Waals surface area contributed by atoms with Gasteiger partial charge in [-0.2, -0.15) is 0 Å². The van der Waals surface area contributed by atoms with E-state index in [0.717, 1.165) is 26.5 Å². The van der Waals surface area contributed by atoms with Crippen LogP contribution in [0.15, 0.2) is 65.3 Å². The van der Waals surface area contributed by atoms with E-state index in [0.29, 0.717) is 12.8 Å². The Hall–Kier alpha value is -2.00. The van der Waals surface area contributed by atoms with Crippen LogP contribution < -0.4 is 0 Å². The van der Waals surface area contributed by atoms with Crippen LogP contribution in [0.5, 0.6) is 0 Å². The highest BCUT2D eigenvalue weighted by Crippen LogP contribution is 2.20. The van der Waals surface area contributed by atoms with E-state index in [1.165, 1.54) is 0 Å². The highest BCUT2D eigenvalue weighted by molar-refractivity contribution is 9.10. The summed E-state index contributed by atoms with van der Waals surface area (Å²) in [5.74, 6) is 0.207. The van der Waals surface area contributed by atoms with E-state index >= 15 is 0 Å². The van der Waals surface area contributed by atoms with Gasteiger partial charge in [-0.15, -0.1) is 0 Å². The number of benzene rings is 2. The fraction of sp³-hybridized carbons (Fsp3) is 0.111. The van der Waals surface area contributed by atoms with Gasteiger partial charge in [-0.1, -0.05) is 52.3 Å². The number of hydrogen-bond donors (Lipinski definition) is 0. The first-order chi connectivity index (χ1) is 10.2. The maximum atomic E-state index is 12.3. The van der Waals surface area contributed by atoms with E-state index < -0.39 is 0 Å². The minimum atomic E-state index is 0.207. The molecule has 2 aromatic carbocycles. The summed E-state index contributed by atoms with van der Waals surface area (Å²) in [6.07, 6.45) is 2.64. The monoisotopic (exact) mass is 339 g/mol. The van der Waals surface area contributed by atoms with Crippen LogP contribution >= 0.6 is 15.9 Å². The van der Waals surface area contributed by atoms with Crippen LogP contribution in [0.2, 0.25) is 0 Å². The zero-order chi connectivity index (χ0) is 14.7. The smallest absolute Gasteiger partial charge is 0.141 e. The Kier molecular flexibility index (Phi) is 4.11. The normalized spacial score (nSPS) is 10.7. The first kappa shape index (κ1) is 14.0. The van der Waals surface area contributed by atoms with E-state index in [1.54, 1.807) is 6.20 Å². The van der Waals surface area contributed by atoms with E-state index in [1.807, 2.05) is 54.6 Å². The second kappa shape index (κ2) is 6.19. The zero-order valence-electron chi connectivity index (χ0n) is 11.4. The van der Waals surface area contributed by atoms with Crippen molar-refractivity contribution < 1.29 is 4.79 Å². The van der Waals surface area contributed by atoms with E-state index in [4.69, 9.17) is 0 Å². The van der Waals surface area contributed by atoms with Crippen molar-refractivity contribution in [2.45, 2.75) is 12.8 Å². The third kappa shape index (κ3) is 3.19. The van der Waals surface area contributed by atoms with Crippen molar-refractivity contribution in [1.82, 2.24) is 4.98 Å². The van der Waals surface area contributed by atoms with Crippen molar-refractivity contribution in [2.24, 2.45) is 0 Å². The molecule has 0 fully saturated rings. The summed E-state index contributed by atoms with van der Waals surface area (Å²) in [6.45, 7) is 0. The lowest BCUT2D eigenvalue weighted by Gasteiger charge is -2.06. The van der Waals surface area contributed by atoms with Crippen molar-refractivity contribution >= 4 is 32.6 Å². The van der Waals surface area contributed by atoms with Gasteiger partial charge < -0.3 is 0 Å². The topological polar surface area (TPSA) is 30.0 Å². The lowest BCUT2D eigenvalue weighted by molar-refractivity contribution is -0.117. The summed E-state index contributed by atoms with van der Waals surface area (Å²) in [6, 6.07) is 17.7. The van der Waals surface area contributed by atoms with Gasteiger partial charge in [-0.05, 0) is 29.3 Å². The molecule has 0 radical (unpaired) electrons. The number of aromatic nitrogens is 1. The Labute approximate surface area is 132 Å². The van der Waals surface area contributed by atoms with Gasteiger partial charge in [0.1, 0.15) is 5.78 Å². The number of carbonyl (C=O) groups excluding carboxylic acids is 1. The Morgan fingerprint density at radius 3 is 2.48 bits per heavy atom. The summed E-state index contributed by atoms with van der Waals surface area (Å²) in [4.78, 5) is 16.7. The molecule has 0 saturated carbocycles. The molecule has 0 amide bonds. The number of nitrogens with zero attached hydrogens (tertiary/aromatic N) is 1. The van der Waals surface area contributed by atoms with Crippen molar-refractivity contribution in [3.8, 4) is 0 Å². The van der Waals surface area contributed by atoms with Crippen LogP contribution in [0.3, 0.4) is 0 Å². The largest absolute Gasteiger partial charge is 0.299 e. The summed E-state index contributed by atoms with van der Waals surface area (Å²) in [7, 11) is 0. The predicted octanol–water partition coefficient (Wildman–Crippen LogP) is 4.35. The van der Waals surface area contributed by atoms with Crippen LogP contribution in [-0.2, 0) is 17.6 Å². The Morgan fingerprint density at radius 2 is 1.62 bits per heavy atom. The number of carbonyl (C=O) groups is 1. The molecule has 0 aliphatic heterocycles. The predicted molar refractivity (Wildman–Crippen MR) is 88.3 cm³/mol. The number of Topliss-reactive ketones (excluding diaryl/α,β-unsaturated/α-hetero) is 1. The Bertz CT molecular complexity index is 793. The highest BCUT2D eigenvalue weighted by atomic mass is 79.9. The molecule has 0 spiro atoms. The van der Waals surface area contributed by atoms with E-state index in [9.17, 15) is 4.79 Å². The molecule has 0 aliphatic rings. The Morgan fingerprint density at radius 1 is 0.905 bits per heavy atom. The second-order valence-corrected chi connectivity index (χ2v) is 5.83. The molecule has 2 nitrogen and oxygen atoms in total. The first-order valence-electron chi connectivity index (χ1n) is 6.82. The van der Waals surface area contributed by atoms with Gasteiger partial charge in [-0.25, -0.2) is 0 Å². The van der Waals surface area contributed by atoms with Gasteiger partial charge in [0.2, 0.25) is 0 Å². The van der Waals surface area contributed by atoms with Crippen molar-refractivity contribution in [3.63, 3.8) is 0 Å². The zero-order valence-corrected chi connectivity index (χ0v) is 13.0. The van der Waals surface area contributed by atoms with Crippen LogP contribution in [-0.4, -0.2) is 10.8 Å². The number of rotatable bonds is 4. The van der Waals surface area contributed by atoms with Gasteiger partial charge in [0.25, 0.3) is 0 Å². The molecule has 0 bridgehead atoms. The molecule has 104 valence electrons. The second-order valence-electron chi connectivity index (χ2n) is 4.97. The maximum absolute atomic E-state index is 12.3. The molecular weight excluding hydrogens is 326 g/mol. The van der Waals surface area contributed by atoms with Gasteiger partial charge in [0, 0.05) is 28.9 Å². The van der Waals surface area contributed by atoms with Crippen LogP contribution in [0.25, 0.3) is 10.9 Å². The van der Waals surface area contributed by atoms with Crippen molar-refractivity contribution in [3.05, 3.63) is 76.4 Å². The quantitative estimate of drug-likeness (QED) is 0.707. The molecule has 21 heavy (non-hydrogen) atoms. The highest BCUT2D eigenvalue weighted by Gasteiger charge is 2.10. The molecule has 3 rings (SSSR count). The molecular formula is C18H14BrNO. The van der Waals surface area contributed by atoms with E-state index in [2.05, 4.69) is 20.9 Å². The summed E-state index contributed by atoms with van der Waals surface area (Å²) in [5.41, 5.74) is 3.00. The van der Waals surface area contributed by atoms with Crippen LogP contribution in [0.1, 0.15) is 11.1 Å². The number of hydrogen-bond acceptors (Lipinski definition) is 2. The van der Waals surface area contributed by atoms with Gasteiger partial charge in [-0.3, -0.25) is 9.78 Å². The maximum Gasteiger partial charge on any atom is 0.141 e. The van der Waals surface area contributed by atoms with E-state index in [-0.39, 0.29) is 5.78 Å². The Balaban J connectivity index is 1.82. The van der Waals surface area contributed by atoms with Gasteiger partial charge in [0.15, 0.2) is 0 Å². The molecule has 0 aliphatic carbocycles. The van der Waals surface area contributed by atoms with Crippen molar-refractivity contribution in [2.75, 3.05) is 0 Å². The van der Waals surface area contributed by atoms with Gasteiger partial charge >= 0.3 is 0 Å². The van der Waals surface area contributed by atoms with Gasteiger partial charge in [0.05, 0.1) is 5.52 Å². The molecule has 0 atom stereocenters. The number of pyridine rings is 1. The third-order valence-electron chi connectivity index (χ3n) is 3.47. The first-order valence-corrected chi connectivity index (χ1v) is 7.61. The molecule has 0 saturated heterocycles. The van der Waals surface area contributed by atoms with Crippen LogP contribution in [0, 0.1) is 0 Å². The molecule has 1 heterocycles. The summed E-state index contributed by atoms with van der Waals surface area (Å²) in [5, 5.41) is 1.06. The average molecular weight is 340 g/mol. The summed E-state index contributed by atoms with van der Waals surface area (Å²) >= 11 is 3.49.